The molecule has 38 heavy (non-hydrogen) atoms. The molecule has 1 aliphatic rings. The van der Waals surface area contributed by atoms with E-state index in [2.05, 4.69) is 23.3 Å². The Morgan fingerprint density at radius 1 is 0.974 bits per heavy atom. The highest BCUT2D eigenvalue weighted by Gasteiger charge is 2.41. The van der Waals surface area contributed by atoms with Crippen molar-refractivity contribution in [3.8, 4) is 0 Å². The summed E-state index contributed by atoms with van der Waals surface area (Å²) in [5.74, 6) is -0.616. The smallest absolute Gasteiger partial charge is 0.408 e. The number of rotatable bonds is 8. The number of fused-ring (bicyclic) bond motifs is 1. The van der Waals surface area contributed by atoms with Crippen LogP contribution in [-0.2, 0) is 14.3 Å². The van der Waals surface area contributed by atoms with Gasteiger partial charge in [-0.25, -0.2) is 4.79 Å². The first kappa shape index (κ1) is 27.5. The van der Waals surface area contributed by atoms with E-state index in [-0.39, 0.29) is 23.6 Å². The van der Waals surface area contributed by atoms with Gasteiger partial charge in [0.2, 0.25) is 5.91 Å². The lowest BCUT2D eigenvalue weighted by Gasteiger charge is -2.43. The van der Waals surface area contributed by atoms with Crippen LogP contribution in [0.25, 0.3) is 10.8 Å². The van der Waals surface area contributed by atoms with E-state index in [0.29, 0.717) is 11.3 Å². The summed E-state index contributed by atoms with van der Waals surface area (Å²) in [6.45, 7) is 5.27. The van der Waals surface area contributed by atoms with Crippen LogP contribution in [0.4, 0.5) is 10.5 Å². The van der Waals surface area contributed by atoms with Gasteiger partial charge in [0.1, 0.15) is 17.7 Å². The maximum atomic E-state index is 14.0. The van der Waals surface area contributed by atoms with Crippen LogP contribution in [0.15, 0.2) is 72.8 Å². The van der Waals surface area contributed by atoms with E-state index in [1.165, 1.54) is 0 Å². The molecule has 1 aliphatic carbocycles. The van der Waals surface area contributed by atoms with Crippen molar-refractivity contribution >= 4 is 47.0 Å². The fourth-order valence-electron chi connectivity index (χ4n) is 4.55. The number of anilines is 1. The summed E-state index contributed by atoms with van der Waals surface area (Å²) in [6.07, 6.45) is 1.83. The molecule has 1 saturated carbocycles. The van der Waals surface area contributed by atoms with Crippen molar-refractivity contribution < 1.29 is 19.1 Å². The number of benzene rings is 3. The van der Waals surface area contributed by atoms with Crippen LogP contribution in [0, 0.1) is 0 Å². The molecule has 0 bridgehead atoms. The Hall–Kier alpha value is -3.52. The van der Waals surface area contributed by atoms with Crippen LogP contribution < -0.4 is 10.6 Å². The second-order valence-corrected chi connectivity index (χ2v) is 10.9. The molecule has 0 aliphatic heterocycles. The predicted molar refractivity (Wildman–Crippen MR) is 153 cm³/mol. The zero-order valence-corrected chi connectivity index (χ0v) is 22.9. The van der Waals surface area contributed by atoms with Gasteiger partial charge in [0.05, 0.1) is 0 Å². The lowest BCUT2D eigenvalue weighted by molar-refractivity contribution is -0.145. The Labute approximate surface area is 229 Å². The highest BCUT2D eigenvalue weighted by molar-refractivity contribution is 7.80. The van der Waals surface area contributed by atoms with E-state index in [9.17, 15) is 14.4 Å². The van der Waals surface area contributed by atoms with Crippen molar-refractivity contribution in [3.05, 3.63) is 78.4 Å². The molecule has 200 valence electrons. The molecule has 3 aromatic carbocycles. The van der Waals surface area contributed by atoms with Crippen LogP contribution in [0.1, 0.15) is 51.6 Å². The van der Waals surface area contributed by atoms with E-state index in [1.807, 2.05) is 72.8 Å². The monoisotopic (exact) mass is 533 g/mol. The van der Waals surface area contributed by atoms with Crippen LogP contribution in [-0.4, -0.2) is 46.2 Å². The minimum atomic E-state index is -0.950. The summed E-state index contributed by atoms with van der Waals surface area (Å²) in [5.41, 5.74) is 0.628. The van der Waals surface area contributed by atoms with Gasteiger partial charge in [-0.2, -0.15) is 12.6 Å². The van der Waals surface area contributed by atoms with Crippen molar-refractivity contribution in [2.45, 2.75) is 63.8 Å². The van der Waals surface area contributed by atoms with E-state index in [0.717, 1.165) is 30.0 Å². The zero-order chi connectivity index (χ0) is 27.3. The van der Waals surface area contributed by atoms with E-state index >= 15 is 0 Å². The number of carbonyl (C=O) groups is 3. The Kier molecular flexibility index (Phi) is 8.62. The molecular formula is C30H35N3O4S. The average Bonchev–Trinajstić information content (AvgIpc) is 2.85. The summed E-state index contributed by atoms with van der Waals surface area (Å²) >= 11 is 4.35. The number of nitrogens with zero attached hydrogens (tertiary/aromatic N) is 1. The molecule has 4 rings (SSSR count). The average molecular weight is 534 g/mol. The third-order valence-corrected chi connectivity index (χ3v) is 6.92. The molecule has 2 N–H and O–H groups in total. The second kappa shape index (κ2) is 11.9. The molecule has 0 heterocycles. The van der Waals surface area contributed by atoms with E-state index in [1.54, 1.807) is 25.7 Å². The molecule has 2 atom stereocenters. The Bertz CT molecular complexity index is 1290. The normalized spacial score (nSPS) is 15.2. The van der Waals surface area contributed by atoms with E-state index in [4.69, 9.17) is 4.74 Å². The molecule has 7 nitrogen and oxygen atoms in total. The number of hydrogen-bond donors (Lipinski definition) is 3. The van der Waals surface area contributed by atoms with Gasteiger partial charge in [-0.3, -0.25) is 9.59 Å². The molecule has 0 aromatic heterocycles. The molecule has 0 saturated heterocycles. The minimum absolute atomic E-state index is 0.0646. The van der Waals surface area contributed by atoms with Crippen molar-refractivity contribution in [1.29, 1.82) is 0 Å². The minimum Gasteiger partial charge on any atom is -0.444 e. The Morgan fingerprint density at radius 3 is 2.24 bits per heavy atom. The summed E-state index contributed by atoms with van der Waals surface area (Å²) in [5, 5.41) is 7.77. The van der Waals surface area contributed by atoms with Crippen LogP contribution in [0.5, 0.6) is 0 Å². The fraction of sp³-hybridized carbons (Fsp3) is 0.367. The third kappa shape index (κ3) is 6.67. The molecule has 3 aromatic rings. The Balaban J connectivity index is 1.65. The molecule has 0 radical (unpaired) electrons. The zero-order valence-electron chi connectivity index (χ0n) is 22.0. The topological polar surface area (TPSA) is 87.7 Å². The first-order chi connectivity index (χ1) is 18.2. The molecule has 1 fully saturated rings. The van der Waals surface area contributed by atoms with Gasteiger partial charge in [0.25, 0.3) is 5.91 Å². The highest BCUT2D eigenvalue weighted by Crippen LogP contribution is 2.34. The standard InChI is InChI=1S/C30H35N3O4S/c1-30(2,3)37-29(36)32-25(19-38)28(35)33(24-14-9-15-24)26(21-11-5-4-6-12-21)27(34)31-23-17-16-20-10-7-8-13-22(20)18-23/h4-8,10-13,16-18,24-26,38H,9,14-15,19H2,1-3H3,(H,31,34)(H,32,36). The summed E-state index contributed by atoms with van der Waals surface area (Å²) in [7, 11) is 0. The Morgan fingerprint density at radius 2 is 1.63 bits per heavy atom. The fourth-order valence-corrected chi connectivity index (χ4v) is 4.80. The number of nitrogens with one attached hydrogen (secondary N) is 2. The number of carbonyl (C=O) groups excluding carboxylic acids is 3. The van der Waals surface area contributed by atoms with Gasteiger partial charge >= 0.3 is 6.09 Å². The SMILES string of the molecule is CC(C)(C)OC(=O)NC(CS)C(=O)N(C1CCC1)C(C(=O)Nc1ccc2ccccc2c1)c1ccccc1. The first-order valence-corrected chi connectivity index (χ1v) is 13.6. The van der Waals surface area contributed by atoms with Gasteiger partial charge < -0.3 is 20.3 Å². The lowest BCUT2D eigenvalue weighted by atomic mass is 9.88. The third-order valence-electron chi connectivity index (χ3n) is 6.55. The maximum absolute atomic E-state index is 14.0. The summed E-state index contributed by atoms with van der Waals surface area (Å²) in [4.78, 5) is 42.1. The van der Waals surface area contributed by atoms with Gasteiger partial charge in [-0.1, -0.05) is 60.7 Å². The van der Waals surface area contributed by atoms with Gasteiger partial charge in [-0.05, 0) is 68.5 Å². The number of hydrogen-bond acceptors (Lipinski definition) is 5. The summed E-state index contributed by atoms with van der Waals surface area (Å²) in [6, 6.07) is 21.0. The molecular weight excluding hydrogens is 498 g/mol. The number of thiol groups is 1. The molecule has 3 amide bonds. The lowest BCUT2D eigenvalue weighted by Crippen LogP contribution is -2.57. The first-order valence-electron chi connectivity index (χ1n) is 12.9. The van der Waals surface area contributed by atoms with Gasteiger partial charge in [0.15, 0.2) is 0 Å². The van der Waals surface area contributed by atoms with Gasteiger partial charge in [-0.15, -0.1) is 0 Å². The van der Waals surface area contributed by atoms with Crippen molar-refractivity contribution in [2.24, 2.45) is 0 Å². The number of amides is 3. The van der Waals surface area contributed by atoms with Crippen LogP contribution >= 0.6 is 12.6 Å². The summed E-state index contributed by atoms with van der Waals surface area (Å²) < 4.78 is 5.37. The quantitative estimate of drug-likeness (QED) is 0.323. The number of alkyl carbamates (subject to hydrolysis) is 1. The highest BCUT2D eigenvalue weighted by atomic mass is 32.1. The van der Waals surface area contributed by atoms with Gasteiger partial charge in [0, 0.05) is 17.5 Å². The largest absolute Gasteiger partial charge is 0.444 e. The maximum Gasteiger partial charge on any atom is 0.408 e. The van der Waals surface area contributed by atoms with Crippen LogP contribution in [0.3, 0.4) is 0 Å². The van der Waals surface area contributed by atoms with Crippen LogP contribution in [0.2, 0.25) is 0 Å². The van der Waals surface area contributed by atoms with Crippen molar-refractivity contribution in [2.75, 3.05) is 11.1 Å². The molecule has 8 heteroatoms. The molecule has 0 spiro atoms. The van der Waals surface area contributed by atoms with Crippen molar-refractivity contribution in [1.82, 2.24) is 10.2 Å². The number of ether oxygens (including phenoxy) is 1. The second-order valence-electron chi connectivity index (χ2n) is 10.6. The predicted octanol–water partition coefficient (Wildman–Crippen LogP) is 5.72. The van der Waals surface area contributed by atoms with Crippen molar-refractivity contribution in [3.63, 3.8) is 0 Å². The molecule has 2 unspecified atom stereocenters. The van der Waals surface area contributed by atoms with E-state index < -0.39 is 23.8 Å².